The van der Waals surface area contributed by atoms with Gasteiger partial charge < -0.3 is 15.7 Å². The summed E-state index contributed by atoms with van der Waals surface area (Å²) < 4.78 is 0. The number of urea groups is 1. The molecular weight excluding hydrogens is 264 g/mol. The van der Waals surface area contributed by atoms with Crippen molar-refractivity contribution in [1.29, 1.82) is 0 Å². The highest BCUT2D eigenvalue weighted by Crippen LogP contribution is 2.29. The number of hydrogen-bond donors (Lipinski definition) is 3. The van der Waals surface area contributed by atoms with Gasteiger partial charge in [-0.1, -0.05) is 43.2 Å². The summed E-state index contributed by atoms with van der Waals surface area (Å²) in [6.07, 6.45) is 3.79. The van der Waals surface area contributed by atoms with Crippen molar-refractivity contribution in [1.82, 2.24) is 5.32 Å². The lowest BCUT2D eigenvalue weighted by atomic mass is 9.99. The van der Waals surface area contributed by atoms with Gasteiger partial charge in [-0.25, -0.2) is 4.79 Å². The maximum Gasteiger partial charge on any atom is 0.319 e. The number of hydrogen-bond acceptors (Lipinski definition) is 2. The van der Waals surface area contributed by atoms with Crippen molar-refractivity contribution in [2.24, 2.45) is 0 Å². The van der Waals surface area contributed by atoms with Gasteiger partial charge in [0.05, 0.1) is 12.1 Å². The second kappa shape index (κ2) is 5.74. The number of amides is 2. The van der Waals surface area contributed by atoms with E-state index in [1.807, 2.05) is 42.5 Å². The zero-order valence-corrected chi connectivity index (χ0v) is 11.9. The van der Waals surface area contributed by atoms with Crippen molar-refractivity contribution in [3.63, 3.8) is 0 Å². The van der Waals surface area contributed by atoms with Gasteiger partial charge >= 0.3 is 6.03 Å². The first-order chi connectivity index (χ1) is 10.2. The summed E-state index contributed by atoms with van der Waals surface area (Å²) in [5.41, 5.74) is 0.318. The zero-order chi connectivity index (χ0) is 14.7. The van der Waals surface area contributed by atoms with Crippen LogP contribution in [0.3, 0.4) is 0 Å². The molecule has 3 N–H and O–H groups in total. The van der Waals surface area contributed by atoms with Crippen molar-refractivity contribution >= 4 is 22.5 Å². The first-order valence-corrected chi connectivity index (χ1v) is 7.40. The molecule has 1 aliphatic carbocycles. The Morgan fingerprint density at radius 2 is 1.81 bits per heavy atom. The maximum atomic E-state index is 12.1. The second-order valence-corrected chi connectivity index (χ2v) is 5.79. The summed E-state index contributed by atoms with van der Waals surface area (Å²) in [5.74, 6) is 0. The van der Waals surface area contributed by atoms with Crippen LogP contribution in [-0.4, -0.2) is 23.3 Å². The first-order valence-electron chi connectivity index (χ1n) is 7.40. The third-order valence-electron chi connectivity index (χ3n) is 4.25. The van der Waals surface area contributed by atoms with Crippen LogP contribution in [0.5, 0.6) is 0 Å². The van der Waals surface area contributed by atoms with Crippen molar-refractivity contribution in [3.8, 4) is 0 Å². The third-order valence-corrected chi connectivity index (χ3v) is 4.25. The molecule has 0 radical (unpaired) electrons. The lowest BCUT2D eigenvalue weighted by molar-refractivity contribution is 0.167. The summed E-state index contributed by atoms with van der Waals surface area (Å²) in [4.78, 5) is 12.1. The Labute approximate surface area is 124 Å². The molecule has 1 saturated carbocycles. The molecule has 2 amide bonds. The van der Waals surface area contributed by atoms with Crippen LogP contribution in [0.15, 0.2) is 42.5 Å². The van der Waals surface area contributed by atoms with Crippen LogP contribution >= 0.6 is 0 Å². The molecule has 1 fully saturated rings. The molecule has 0 saturated heterocycles. The maximum absolute atomic E-state index is 12.1. The summed E-state index contributed by atoms with van der Waals surface area (Å²) in [6, 6.07) is 13.6. The number of anilines is 1. The molecule has 0 unspecified atom stereocenters. The Hall–Kier alpha value is -2.07. The first kappa shape index (κ1) is 13.9. The molecule has 3 rings (SSSR count). The van der Waals surface area contributed by atoms with Crippen molar-refractivity contribution in [2.75, 3.05) is 11.9 Å². The SMILES string of the molecule is O=C(Nc1ccc2ccccc2c1)NC1(CO)CCCC1. The Balaban J connectivity index is 1.71. The van der Waals surface area contributed by atoms with E-state index >= 15 is 0 Å². The van der Waals surface area contributed by atoms with E-state index in [1.54, 1.807) is 0 Å². The predicted molar refractivity (Wildman–Crippen MR) is 84.4 cm³/mol. The standard InChI is InChI=1S/C17H20N2O2/c20-12-17(9-3-4-10-17)19-16(21)18-15-8-7-13-5-1-2-6-14(13)11-15/h1-2,5-8,11,20H,3-4,9-10,12H2,(H2,18,19,21). The van der Waals surface area contributed by atoms with Gasteiger partial charge in [0.2, 0.25) is 0 Å². The molecule has 0 atom stereocenters. The molecule has 0 aromatic heterocycles. The van der Waals surface area contributed by atoms with Gasteiger partial charge in [-0.2, -0.15) is 0 Å². The molecule has 2 aromatic rings. The molecule has 4 nitrogen and oxygen atoms in total. The Morgan fingerprint density at radius 1 is 1.10 bits per heavy atom. The topological polar surface area (TPSA) is 61.4 Å². The summed E-state index contributed by atoms with van der Waals surface area (Å²) >= 11 is 0. The fourth-order valence-electron chi connectivity index (χ4n) is 3.04. The second-order valence-electron chi connectivity index (χ2n) is 5.79. The number of fused-ring (bicyclic) bond motifs is 1. The average molecular weight is 284 g/mol. The molecule has 110 valence electrons. The van der Waals surface area contributed by atoms with E-state index in [-0.39, 0.29) is 12.6 Å². The predicted octanol–water partition coefficient (Wildman–Crippen LogP) is 3.27. The Kier molecular flexibility index (Phi) is 3.80. The molecule has 0 spiro atoms. The number of carbonyl (C=O) groups is 1. The Morgan fingerprint density at radius 3 is 2.52 bits per heavy atom. The van der Waals surface area contributed by atoms with Crippen LogP contribution < -0.4 is 10.6 Å². The van der Waals surface area contributed by atoms with E-state index in [0.717, 1.165) is 42.1 Å². The van der Waals surface area contributed by atoms with E-state index in [0.29, 0.717) is 0 Å². The number of rotatable bonds is 3. The van der Waals surface area contributed by atoms with Crippen LogP contribution in [0.25, 0.3) is 10.8 Å². The molecule has 2 aromatic carbocycles. The number of aliphatic hydroxyl groups is 1. The van der Waals surface area contributed by atoms with Gasteiger partial charge in [-0.3, -0.25) is 0 Å². The third kappa shape index (κ3) is 3.00. The van der Waals surface area contributed by atoms with E-state index in [9.17, 15) is 9.90 Å². The van der Waals surface area contributed by atoms with Gasteiger partial charge in [0.1, 0.15) is 0 Å². The summed E-state index contributed by atoms with van der Waals surface area (Å²) in [5, 5.41) is 17.6. The number of carbonyl (C=O) groups excluding carboxylic acids is 1. The molecular formula is C17H20N2O2. The van der Waals surface area contributed by atoms with Crippen LogP contribution in [0.1, 0.15) is 25.7 Å². The highest BCUT2D eigenvalue weighted by Gasteiger charge is 2.34. The van der Waals surface area contributed by atoms with E-state index in [1.165, 1.54) is 0 Å². The van der Waals surface area contributed by atoms with Crippen LogP contribution in [0, 0.1) is 0 Å². The number of nitrogens with one attached hydrogen (secondary N) is 2. The van der Waals surface area contributed by atoms with E-state index in [4.69, 9.17) is 0 Å². The Bertz CT molecular complexity index is 648. The van der Waals surface area contributed by atoms with Crippen molar-refractivity contribution < 1.29 is 9.90 Å². The van der Waals surface area contributed by atoms with E-state index < -0.39 is 5.54 Å². The molecule has 4 heteroatoms. The highest BCUT2D eigenvalue weighted by atomic mass is 16.3. The van der Waals surface area contributed by atoms with Gasteiger partial charge in [-0.15, -0.1) is 0 Å². The minimum Gasteiger partial charge on any atom is -0.394 e. The van der Waals surface area contributed by atoms with Crippen molar-refractivity contribution in [3.05, 3.63) is 42.5 Å². The quantitative estimate of drug-likeness (QED) is 0.810. The average Bonchev–Trinajstić information content (AvgIpc) is 2.96. The molecule has 0 aliphatic heterocycles. The fourth-order valence-corrected chi connectivity index (χ4v) is 3.04. The van der Waals surface area contributed by atoms with Gasteiger partial charge in [0.25, 0.3) is 0 Å². The van der Waals surface area contributed by atoms with Gasteiger partial charge in [0, 0.05) is 5.69 Å². The lowest BCUT2D eigenvalue weighted by Gasteiger charge is -2.28. The molecule has 1 aliphatic rings. The van der Waals surface area contributed by atoms with E-state index in [2.05, 4.69) is 10.6 Å². The molecule has 21 heavy (non-hydrogen) atoms. The van der Waals surface area contributed by atoms with Crippen LogP contribution in [0.2, 0.25) is 0 Å². The summed E-state index contributed by atoms with van der Waals surface area (Å²) in [6.45, 7) is -0.00184. The van der Waals surface area contributed by atoms with Crippen LogP contribution in [0.4, 0.5) is 10.5 Å². The minimum absolute atomic E-state index is 0.00184. The smallest absolute Gasteiger partial charge is 0.319 e. The lowest BCUT2D eigenvalue weighted by Crippen LogP contribution is -2.50. The summed E-state index contributed by atoms with van der Waals surface area (Å²) in [7, 11) is 0. The highest BCUT2D eigenvalue weighted by molar-refractivity contribution is 5.93. The minimum atomic E-state index is -0.444. The van der Waals surface area contributed by atoms with Gasteiger partial charge in [-0.05, 0) is 35.7 Å². The normalized spacial score (nSPS) is 16.8. The fraction of sp³-hybridized carbons (Fsp3) is 0.353. The van der Waals surface area contributed by atoms with Gasteiger partial charge in [0.15, 0.2) is 0 Å². The van der Waals surface area contributed by atoms with Crippen LogP contribution in [-0.2, 0) is 0 Å². The largest absolute Gasteiger partial charge is 0.394 e. The molecule has 0 bridgehead atoms. The number of benzene rings is 2. The zero-order valence-electron chi connectivity index (χ0n) is 11.9. The monoisotopic (exact) mass is 284 g/mol. The van der Waals surface area contributed by atoms with Crippen molar-refractivity contribution in [2.45, 2.75) is 31.2 Å². The number of aliphatic hydroxyl groups excluding tert-OH is 1. The molecule has 0 heterocycles.